The number of ether oxygens (including phenoxy) is 1. The summed E-state index contributed by atoms with van der Waals surface area (Å²) in [6.45, 7) is 3.50. The molecule has 0 saturated heterocycles. The number of carbonyl (C=O) groups is 1. The van der Waals surface area contributed by atoms with Gasteiger partial charge in [0.25, 0.3) is 0 Å². The number of nitrogens with zero attached hydrogens (tertiary/aromatic N) is 2. The van der Waals surface area contributed by atoms with Gasteiger partial charge in [0.1, 0.15) is 5.69 Å². The smallest absolute Gasteiger partial charge is 0.419 e. The van der Waals surface area contributed by atoms with Gasteiger partial charge in [0.05, 0.1) is 12.1 Å². The van der Waals surface area contributed by atoms with Crippen molar-refractivity contribution in [1.29, 1.82) is 0 Å². The van der Waals surface area contributed by atoms with E-state index >= 15 is 0 Å². The minimum Gasteiger partial charge on any atom is -0.436 e. The summed E-state index contributed by atoms with van der Waals surface area (Å²) in [4.78, 5) is 16.1. The van der Waals surface area contributed by atoms with Crippen LogP contribution < -0.4 is 0 Å². The average Bonchev–Trinajstić information content (AvgIpc) is 2.65. The van der Waals surface area contributed by atoms with E-state index < -0.39 is 11.7 Å². The first-order chi connectivity index (χ1) is 8.04. The summed E-state index contributed by atoms with van der Waals surface area (Å²) in [5.41, 5.74) is 1.42. The van der Waals surface area contributed by atoms with Crippen LogP contribution in [0.5, 0.6) is 0 Å². The fraction of sp³-hybridized carbons (Fsp3) is 0.333. The van der Waals surface area contributed by atoms with Crippen LogP contribution in [-0.2, 0) is 16.9 Å². The number of aliphatic hydroxyl groups excluding tert-OH is 1. The Bertz CT molecular complexity index is 628. The molecule has 17 heavy (non-hydrogen) atoms. The lowest BCUT2D eigenvalue weighted by Crippen LogP contribution is -2.34. The van der Waals surface area contributed by atoms with E-state index in [-0.39, 0.29) is 6.61 Å². The predicted molar refractivity (Wildman–Crippen MR) is 60.6 cm³/mol. The van der Waals surface area contributed by atoms with Crippen molar-refractivity contribution < 1.29 is 14.6 Å². The van der Waals surface area contributed by atoms with Crippen LogP contribution in [-0.4, -0.2) is 20.8 Å². The van der Waals surface area contributed by atoms with Crippen LogP contribution in [0, 0.1) is 0 Å². The maximum absolute atomic E-state index is 11.8. The fourth-order valence-electron chi connectivity index (χ4n) is 2.27. The van der Waals surface area contributed by atoms with E-state index in [1.165, 1.54) is 4.57 Å². The van der Waals surface area contributed by atoms with Crippen molar-refractivity contribution in [3.05, 3.63) is 29.7 Å². The first-order valence-corrected chi connectivity index (χ1v) is 5.38. The second-order valence-electron chi connectivity index (χ2n) is 4.62. The van der Waals surface area contributed by atoms with Crippen molar-refractivity contribution in [2.24, 2.45) is 0 Å². The number of cyclic esters (lactones) is 1. The van der Waals surface area contributed by atoms with Gasteiger partial charge in [-0.2, -0.15) is 0 Å². The highest BCUT2D eigenvalue weighted by Crippen LogP contribution is 2.36. The van der Waals surface area contributed by atoms with Gasteiger partial charge in [0.15, 0.2) is 5.60 Å². The molecule has 2 aromatic heterocycles. The Labute approximate surface area is 97.6 Å². The molecule has 0 spiro atoms. The lowest BCUT2D eigenvalue weighted by molar-refractivity contribution is 0.0298. The summed E-state index contributed by atoms with van der Waals surface area (Å²) in [5, 5.41) is 10.1. The van der Waals surface area contributed by atoms with E-state index in [4.69, 9.17) is 4.74 Å². The Balaban J connectivity index is 2.47. The third-order valence-electron chi connectivity index (χ3n) is 3.08. The number of pyridine rings is 1. The Kier molecular flexibility index (Phi) is 1.86. The molecule has 5 nitrogen and oxygen atoms in total. The van der Waals surface area contributed by atoms with Crippen molar-refractivity contribution in [2.45, 2.75) is 26.1 Å². The van der Waals surface area contributed by atoms with Crippen molar-refractivity contribution in [2.75, 3.05) is 0 Å². The first kappa shape index (κ1) is 10.3. The molecular formula is C12H12N2O3. The molecule has 0 saturated carbocycles. The molecule has 3 heterocycles. The van der Waals surface area contributed by atoms with Crippen LogP contribution in [0.25, 0.3) is 10.9 Å². The molecule has 0 unspecified atom stereocenters. The van der Waals surface area contributed by atoms with Crippen LogP contribution in [0.2, 0.25) is 0 Å². The Morgan fingerprint density at radius 2 is 2.29 bits per heavy atom. The molecule has 0 aromatic carbocycles. The highest BCUT2D eigenvalue weighted by Gasteiger charge is 2.36. The molecule has 0 radical (unpaired) electrons. The highest BCUT2D eigenvalue weighted by molar-refractivity contribution is 5.95. The van der Waals surface area contributed by atoms with Crippen molar-refractivity contribution in [1.82, 2.24) is 9.55 Å². The number of hydrogen-bond donors (Lipinski definition) is 1. The molecule has 1 N–H and O–H groups in total. The summed E-state index contributed by atoms with van der Waals surface area (Å²) in [5.74, 6) is 0. The molecule has 0 fully saturated rings. The number of aliphatic hydroxyl groups is 1. The van der Waals surface area contributed by atoms with Crippen LogP contribution >= 0.6 is 0 Å². The summed E-state index contributed by atoms with van der Waals surface area (Å²) in [6, 6.07) is 1.80. The molecule has 0 aliphatic carbocycles. The highest BCUT2D eigenvalue weighted by atomic mass is 16.6. The van der Waals surface area contributed by atoms with Crippen molar-refractivity contribution >= 4 is 17.0 Å². The van der Waals surface area contributed by atoms with E-state index in [0.29, 0.717) is 11.3 Å². The molecule has 0 amide bonds. The van der Waals surface area contributed by atoms with Crippen LogP contribution in [0.3, 0.4) is 0 Å². The lowest BCUT2D eigenvalue weighted by atomic mass is 10.0. The van der Waals surface area contributed by atoms with Gasteiger partial charge in [-0.1, -0.05) is 0 Å². The summed E-state index contributed by atoms with van der Waals surface area (Å²) >= 11 is 0. The SMILES string of the molecule is CC1(C)OC(=O)n2cc(CO)c3ccnc1c32. The summed E-state index contributed by atoms with van der Waals surface area (Å²) in [6.07, 6.45) is 2.84. The van der Waals surface area contributed by atoms with E-state index in [1.807, 2.05) is 13.8 Å². The largest absolute Gasteiger partial charge is 0.436 e. The zero-order valence-electron chi connectivity index (χ0n) is 9.60. The molecule has 5 heteroatoms. The summed E-state index contributed by atoms with van der Waals surface area (Å²) < 4.78 is 6.74. The maximum Gasteiger partial charge on any atom is 0.419 e. The third-order valence-corrected chi connectivity index (χ3v) is 3.08. The molecule has 1 aliphatic rings. The van der Waals surface area contributed by atoms with Crippen molar-refractivity contribution in [3.63, 3.8) is 0 Å². The molecule has 88 valence electrons. The number of rotatable bonds is 1. The molecule has 0 bridgehead atoms. The lowest BCUT2D eigenvalue weighted by Gasteiger charge is -2.29. The van der Waals surface area contributed by atoms with E-state index in [2.05, 4.69) is 4.98 Å². The molecular weight excluding hydrogens is 220 g/mol. The Hall–Kier alpha value is -1.88. The number of carbonyl (C=O) groups excluding carboxylic acids is 1. The Morgan fingerprint density at radius 1 is 1.53 bits per heavy atom. The third kappa shape index (κ3) is 1.23. The quantitative estimate of drug-likeness (QED) is 0.813. The van der Waals surface area contributed by atoms with Gasteiger partial charge in [-0.3, -0.25) is 9.55 Å². The zero-order chi connectivity index (χ0) is 12.2. The normalized spacial score (nSPS) is 17.2. The molecule has 0 atom stereocenters. The van der Waals surface area contributed by atoms with Gasteiger partial charge in [0.2, 0.25) is 0 Å². The Morgan fingerprint density at radius 3 is 3.00 bits per heavy atom. The fourth-order valence-corrected chi connectivity index (χ4v) is 2.27. The first-order valence-electron chi connectivity index (χ1n) is 5.38. The zero-order valence-corrected chi connectivity index (χ0v) is 9.60. The van der Waals surface area contributed by atoms with Crippen LogP contribution in [0.1, 0.15) is 25.1 Å². The summed E-state index contributed by atoms with van der Waals surface area (Å²) in [7, 11) is 0. The molecule has 1 aliphatic heterocycles. The van der Waals surface area contributed by atoms with Crippen LogP contribution in [0.4, 0.5) is 4.79 Å². The van der Waals surface area contributed by atoms with Gasteiger partial charge in [0, 0.05) is 23.3 Å². The van der Waals surface area contributed by atoms with E-state index in [9.17, 15) is 9.90 Å². The van der Waals surface area contributed by atoms with Crippen LogP contribution in [0.15, 0.2) is 18.5 Å². The van der Waals surface area contributed by atoms with Gasteiger partial charge in [-0.05, 0) is 19.9 Å². The minimum absolute atomic E-state index is 0.110. The number of hydrogen-bond acceptors (Lipinski definition) is 4. The molecule has 3 rings (SSSR count). The monoisotopic (exact) mass is 232 g/mol. The van der Waals surface area contributed by atoms with E-state index in [1.54, 1.807) is 18.5 Å². The van der Waals surface area contributed by atoms with Crippen molar-refractivity contribution in [3.8, 4) is 0 Å². The average molecular weight is 232 g/mol. The predicted octanol–water partition coefficient (Wildman–Crippen LogP) is 1.76. The van der Waals surface area contributed by atoms with Gasteiger partial charge in [-0.25, -0.2) is 4.79 Å². The van der Waals surface area contributed by atoms with Gasteiger partial charge in [-0.15, -0.1) is 0 Å². The second kappa shape index (κ2) is 3.07. The second-order valence-corrected chi connectivity index (χ2v) is 4.62. The number of aromatic nitrogens is 2. The molecule has 2 aromatic rings. The maximum atomic E-state index is 11.8. The van der Waals surface area contributed by atoms with E-state index in [0.717, 1.165) is 10.9 Å². The van der Waals surface area contributed by atoms with Gasteiger partial charge < -0.3 is 9.84 Å². The minimum atomic E-state index is -0.738. The van der Waals surface area contributed by atoms with Gasteiger partial charge >= 0.3 is 6.09 Å². The topological polar surface area (TPSA) is 64.3 Å². The standard InChI is InChI=1S/C12H12N2O3/c1-12(2)10-9-8(3-4-13-10)7(6-15)5-14(9)11(16)17-12/h3-5,15H,6H2,1-2H3.